The molecular weight excluding hydrogens is 222 g/mol. The molecule has 14 heavy (non-hydrogen) atoms. The largest absolute Gasteiger partial charge is 0.478 e. The number of halogens is 1. The molecule has 0 aliphatic carbocycles. The SMILES string of the molecule is CC1NCCc2c(C(=O)O)csc21.Cl. The van der Waals surface area contributed by atoms with Gasteiger partial charge in [0.15, 0.2) is 0 Å². The Balaban J connectivity index is 0.000000980. The highest BCUT2D eigenvalue weighted by Gasteiger charge is 2.23. The van der Waals surface area contributed by atoms with Crippen LogP contribution in [0.5, 0.6) is 0 Å². The Bertz CT molecular complexity index is 351. The summed E-state index contributed by atoms with van der Waals surface area (Å²) >= 11 is 1.55. The van der Waals surface area contributed by atoms with Gasteiger partial charge in [-0.25, -0.2) is 4.79 Å². The summed E-state index contributed by atoms with van der Waals surface area (Å²) in [6.07, 6.45) is 0.838. The monoisotopic (exact) mass is 233 g/mol. The van der Waals surface area contributed by atoms with Gasteiger partial charge >= 0.3 is 5.97 Å². The highest BCUT2D eigenvalue weighted by molar-refractivity contribution is 7.10. The van der Waals surface area contributed by atoms with Crippen molar-refractivity contribution in [2.75, 3.05) is 6.54 Å². The van der Waals surface area contributed by atoms with E-state index >= 15 is 0 Å². The van der Waals surface area contributed by atoms with E-state index in [4.69, 9.17) is 5.11 Å². The van der Waals surface area contributed by atoms with E-state index in [1.54, 1.807) is 16.7 Å². The van der Waals surface area contributed by atoms with Crippen molar-refractivity contribution in [2.45, 2.75) is 19.4 Å². The molecule has 1 aromatic heterocycles. The molecule has 78 valence electrons. The summed E-state index contributed by atoms with van der Waals surface area (Å²) in [5.74, 6) is -0.799. The summed E-state index contributed by atoms with van der Waals surface area (Å²) in [6.45, 7) is 2.95. The summed E-state index contributed by atoms with van der Waals surface area (Å²) in [7, 11) is 0. The fraction of sp³-hybridized carbons (Fsp3) is 0.444. The zero-order valence-corrected chi connectivity index (χ0v) is 9.37. The standard InChI is InChI=1S/C9H11NO2S.ClH/c1-5-8-6(2-3-10-5)7(4-13-8)9(11)12;/h4-5,10H,2-3H2,1H3,(H,11,12);1H. The van der Waals surface area contributed by atoms with Gasteiger partial charge in [0, 0.05) is 16.3 Å². The van der Waals surface area contributed by atoms with Crippen molar-refractivity contribution in [1.29, 1.82) is 0 Å². The lowest BCUT2D eigenvalue weighted by molar-refractivity contribution is 0.0696. The maximum atomic E-state index is 10.8. The summed E-state index contributed by atoms with van der Waals surface area (Å²) in [6, 6.07) is 0.307. The number of thiophene rings is 1. The number of nitrogens with one attached hydrogen (secondary N) is 1. The molecule has 0 saturated carbocycles. The molecule has 1 unspecified atom stereocenters. The van der Waals surface area contributed by atoms with Crippen molar-refractivity contribution in [2.24, 2.45) is 0 Å². The molecule has 2 heterocycles. The van der Waals surface area contributed by atoms with E-state index in [0.29, 0.717) is 11.6 Å². The van der Waals surface area contributed by atoms with Crippen LogP contribution in [0.15, 0.2) is 5.38 Å². The summed E-state index contributed by atoms with van der Waals surface area (Å²) < 4.78 is 0. The van der Waals surface area contributed by atoms with Crippen molar-refractivity contribution in [3.63, 3.8) is 0 Å². The third-order valence-electron chi connectivity index (χ3n) is 2.38. The van der Waals surface area contributed by atoms with Crippen LogP contribution in [0.2, 0.25) is 0 Å². The molecule has 0 bridgehead atoms. The van der Waals surface area contributed by atoms with Crippen LogP contribution in [0.25, 0.3) is 0 Å². The zero-order chi connectivity index (χ0) is 9.42. The molecule has 0 saturated heterocycles. The maximum Gasteiger partial charge on any atom is 0.336 e. The quantitative estimate of drug-likeness (QED) is 0.781. The average Bonchev–Trinajstić information content (AvgIpc) is 2.48. The maximum absolute atomic E-state index is 10.8. The Labute approximate surface area is 92.5 Å². The van der Waals surface area contributed by atoms with Crippen LogP contribution in [-0.2, 0) is 6.42 Å². The lowest BCUT2D eigenvalue weighted by atomic mass is 10.0. The smallest absolute Gasteiger partial charge is 0.336 e. The molecule has 1 atom stereocenters. The van der Waals surface area contributed by atoms with E-state index in [1.807, 2.05) is 0 Å². The van der Waals surface area contributed by atoms with E-state index in [1.165, 1.54) is 4.88 Å². The highest BCUT2D eigenvalue weighted by Crippen LogP contribution is 2.31. The number of hydrogen-bond acceptors (Lipinski definition) is 3. The second kappa shape index (κ2) is 4.29. The minimum absolute atomic E-state index is 0. The Hall–Kier alpha value is -0.580. The molecule has 5 heteroatoms. The minimum Gasteiger partial charge on any atom is -0.478 e. The van der Waals surface area contributed by atoms with Gasteiger partial charge in [-0.05, 0) is 25.5 Å². The van der Waals surface area contributed by atoms with Crippen molar-refractivity contribution in [1.82, 2.24) is 5.32 Å². The van der Waals surface area contributed by atoms with Gasteiger partial charge in [0.25, 0.3) is 0 Å². The molecule has 1 aromatic rings. The van der Waals surface area contributed by atoms with Crippen LogP contribution in [0, 0.1) is 0 Å². The topological polar surface area (TPSA) is 49.3 Å². The molecule has 2 rings (SSSR count). The average molecular weight is 234 g/mol. The van der Waals surface area contributed by atoms with Crippen molar-refractivity contribution < 1.29 is 9.90 Å². The lowest BCUT2D eigenvalue weighted by Crippen LogP contribution is -2.27. The van der Waals surface area contributed by atoms with Crippen molar-refractivity contribution in [3.8, 4) is 0 Å². The van der Waals surface area contributed by atoms with Crippen LogP contribution < -0.4 is 5.32 Å². The summed E-state index contributed by atoms with van der Waals surface area (Å²) in [5.41, 5.74) is 1.53. The van der Waals surface area contributed by atoms with Gasteiger partial charge in [-0.15, -0.1) is 23.7 Å². The second-order valence-electron chi connectivity index (χ2n) is 3.22. The molecule has 0 fully saturated rings. The van der Waals surface area contributed by atoms with Crippen LogP contribution in [0.3, 0.4) is 0 Å². The Kier molecular flexibility index (Phi) is 3.53. The normalized spacial score (nSPS) is 19.6. The van der Waals surface area contributed by atoms with E-state index in [0.717, 1.165) is 18.5 Å². The van der Waals surface area contributed by atoms with E-state index in [9.17, 15) is 4.79 Å². The van der Waals surface area contributed by atoms with Crippen LogP contribution in [-0.4, -0.2) is 17.6 Å². The van der Waals surface area contributed by atoms with Gasteiger partial charge in [0.2, 0.25) is 0 Å². The van der Waals surface area contributed by atoms with Gasteiger partial charge in [0.1, 0.15) is 0 Å². The predicted molar refractivity (Wildman–Crippen MR) is 58.6 cm³/mol. The predicted octanol–water partition coefficient (Wildman–Crippen LogP) is 2.07. The fourth-order valence-electron chi connectivity index (χ4n) is 1.70. The molecule has 1 aliphatic rings. The number of aromatic carboxylic acids is 1. The highest BCUT2D eigenvalue weighted by atomic mass is 35.5. The van der Waals surface area contributed by atoms with Crippen molar-refractivity contribution >= 4 is 29.7 Å². The first-order valence-electron chi connectivity index (χ1n) is 4.27. The number of carboxylic acids is 1. The van der Waals surface area contributed by atoms with Gasteiger partial charge in [-0.1, -0.05) is 0 Å². The number of carbonyl (C=O) groups is 1. The lowest BCUT2D eigenvalue weighted by Gasteiger charge is -2.20. The third-order valence-corrected chi connectivity index (χ3v) is 3.58. The summed E-state index contributed by atoms with van der Waals surface area (Å²) in [4.78, 5) is 12.0. The van der Waals surface area contributed by atoms with E-state index in [-0.39, 0.29) is 12.4 Å². The van der Waals surface area contributed by atoms with Gasteiger partial charge in [0.05, 0.1) is 5.56 Å². The fourth-order valence-corrected chi connectivity index (χ4v) is 2.83. The number of carboxylic acid groups (broad SMARTS) is 1. The number of fused-ring (bicyclic) bond motifs is 1. The Morgan fingerprint density at radius 2 is 2.43 bits per heavy atom. The van der Waals surface area contributed by atoms with Crippen LogP contribution in [0.1, 0.15) is 33.8 Å². The number of hydrogen-bond donors (Lipinski definition) is 2. The van der Waals surface area contributed by atoms with Crippen LogP contribution >= 0.6 is 23.7 Å². The Morgan fingerprint density at radius 1 is 1.71 bits per heavy atom. The van der Waals surface area contributed by atoms with E-state index in [2.05, 4.69) is 12.2 Å². The van der Waals surface area contributed by atoms with Gasteiger partial charge in [-0.3, -0.25) is 0 Å². The third kappa shape index (κ3) is 1.78. The molecular formula is C9H12ClNO2S. The minimum atomic E-state index is -0.799. The summed E-state index contributed by atoms with van der Waals surface area (Å²) in [5, 5.41) is 14.0. The first-order chi connectivity index (χ1) is 6.20. The van der Waals surface area contributed by atoms with Gasteiger partial charge < -0.3 is 10.4 Å². The Morgan fingerprint density at radius 3 is 3.07 bits per heavy atom. The number of rotatable bonds is 1. The first-order valence-corrected chi connectivity index (χ1v) is 5.15. The molecule has 0 spiro atoms. The molecule has 0 radical (unpaired) electrons. The molecule has 3 nitrogen and oxygen atoms in total. The molecule has 0 aromatic carbocycles. The zero-order valence-electron chi connectivity index (χ0n) is 7.74. The molecule has 0 amide bonds. The van der Waals surface area contributed by atoms with Crippen molar-refractivity contribution in [3.05, 3.63) is 21.4 Å². The van der Waals surface area contributed by atoms with Gasteiger partial charge in [-0.2, -0.15) is 0 Å². The molecule has 1 aliphatic heterocycles. The second-order valence-corrected chi connectivity index (χ2v) is 4.13. The van der Waals surface area contributed by atoms with E-state index < -0.39 is 5.97 Å². The van der Waals surface area contributed by atoms with Crippen LogP contribution in [0.4, 0.5) is 0 Å². The first kappa shape index (κ1) is 11.5. The molecule has 2 N–H and O–H groups in total.